The summed E-state index contributed by atoms with van der Waals surface area (Å²) in [6.45, 7) is 3.47. The smallest absolute Gasteiger partial charge is 0.264 e. The largest absolute Gasteiger partial charge is 0.355 e. The van der Waals surface area contributed by atoms with Gasteiger partial charge in [0.25, 0.3) is 10.0 Å². The molecule has 4 rings (SSSR count). The van der Waals surface area contributed by atoms with Crippen LogP contribution < -0.4 is 9.62 Å². The molecule has 7 nitrogen and oxygen atoms in total. The minimum Gasteiger partial charge on any atom is -0.355 e. The van der Waals surface area contributed by atoms with E-state index in [1.54, 1.807) is 61.5 Å². The van der Waals surface area contributed by atoms with Crippen molar-refractivity contribution in [3.8, 4) is 0 Å². The van der Waals surface area contributed by atoms with E-state index in [2.05, 4.69) is 5.32 Å². The number of nitrogens with one attached hydrogen (secondary N) is 1. The molecule has 0 unspecified atom stereocenters. The van der Waals surface area contributed by atoms with Crippen molar-refractivity contribution in [2.45, 2.75) is 37.8 Å². The number of carbonyl (C=O) groups is 2. The van der Waals surface area contributed by atoms with Gasteiger partial charge in [-0.2, -0.15) is 0 Å². The van der Waals surface area contributed by atoms with Crippen LogP contribution in [-0.2, 0) is 32.6 Å². The third kappa shape index (κ3) is 8.16. The van der Waals surface area contributed by atoms with E-state index in [4.69, 9.17) is 23.2 Å². The molecule has 10 heteroatoms. The molecule has 224 valence electrons. The van der Waals surface area contributed by atoms with Gasteiger partial charge in [-0.25, -0.2) is 8.42 Å². The van der Waals surface area contributed by atoms with Gasteiger partial charge >= 0.3 is 0 Å². The zero-order chi connectivity index (χ0) is 31.0. The number of hydrogen-bond donors (Lipinski definition) is 1. The number of hydrogen-bond acceptors (Lipinski definition) is 4. The van der Waals surface area contributed by atoms with Crippen molar-refractivity contribution in [3.63, 3.8) is 0 Å². The number of likely N-dealkylation sites (N-methyl/N-ethyl adjacent to an activating group) is 1. The van der Waals surface area contributed by atoms with Gasteiger partial charge in [0.15, 0.2) is 0 Å². The summed E-state index contributed by atoms with van der Waals surface area (Å²) >= 11 is 12.5. The van der Waals surface area contributed by atoms with Gasteiger partial charge in [0.2, 0.25) is 11.8 Å². The van der Waals surface area contributed by atoms with Crippen LogP contribution in [0.5, 0.6) is 0 Å². The molecule has 1 atom stereocenters. The number of benzene rings is 4. The van der Waals surface area contributed by atoms with Crippen LogP contribution in [0.4, 0.5) is 5.69 Å². The Morgan fingerprint density at radius 3 is 2.12 bits per heavy atom. The van der Waals surface area contributed by atoms with E-state index in [0.717, 1.165) is 15.4 Å². The van der Waals surface area contributed by atoms with Crippen molar-refractivity contribution in [3.05, 3.63) is 130 Å². The maximum Gasteiger partial charge on any atom is 0.264 e. The molecule has 2 amide bonds. The van der Waals surface area contributed by atoms with Crippen LogP contribution in [-0.4, -0.2) is 44.3 Å². The van der Waals surface area contributed by atoms with E-state index in [1.807, 2.05) is 43.3 Å². The van der Waals surface area contributed by atoms with Gasteiger partial charge in [0.1, 0.15) is 12.6 Å². The molecule has 0 bridgehead atoms. The van der Waals surface area contributed by atoms with Crippen LogP contribution in [0.15, 0.2) is 108 Å². The first-order valence-electron chi connectivity index (χ1n) is 13.8. The fourth-order valence-corrected chi connectivity index (χ4v) is 6.46. The van der Waals surface area contributed by atoms with E-state index in [1.165, 1.54) is 17.0 Å². The van der Waals surface area contributed by atoms with Gasteiger partial charge in [0.05, 0.1) is 20.6 Å². The second kappa shape index (κ2) is 14.6. The van der Waals surface area contributed by atoms with Crippen LogP contribution in [0.3, 0.4) is 0 Å². The van der Waals surface area contributed by atoms with Gasteiger partial charge in [-0.05, 0) is 66.9 Å². The topological polar surface area (TPSA) is 86.8 Å². The Kier molecular flexibility index (Phi) is 10.9. The number of amides is 2. The fourth-order valence-electron chi connectivity index (χ4n) is 4.71. The maximum atomic E-state index is 14.4. The van der Waals surface area contributed by atoms with Crippen LogP contribution in [0, 0.1) is 6.92 Å². The monoisotopic (exact) mass is 637 g/mol. The fraction of sp³-hybridized carbons (Fsp3) is 0.212. The summed E-state index contributed by atoms with van der Waals surface area (Å²) < 4.78 is 29.1. The van der Waals surface area contributed by atoms with Gasteiger partial charge in [-0.3, -0.25) is 13.9 Å². The second-order valence-electron chi connectivity index (χ2n) is 10.0. The molecule has 0 radical (unpaired) electrons. The van der Waals surface area contributed by atoms with Crippen molar-refractivity contribution < 1.29 is 18.0 Å². The highest BCUT2D eigenvalue weighted by molar-refractivity contribution is 7.92. The summed E-state index contributed by atoms with van der Waals surface area (Å²) in [5.41, 5.74) is 2.65. The van der Waals surface area contributed by atoms with Crippen molar-refractivity contribution in [1.82, 2.24) is 10.2 Å². The Hall–Kier alpha value is -3.85. The van der Waals surface area contributed by atoms with Gasteiger partial charge in [-0.15, -0.1) is 0 Å². The van der Waals surface area contributed by atoms with E-state index >= 15 is 0 Å². The van der Waals surface area contributed by atoms with Crippen molar-refractivity contribution in [2.75, 3.05) is 17.4 Å². The normalized spacial score (nSPS) is 11.9. The molecule has 0 aliphatic heterocycles. The number of halogens is 2. The second-order valence-corrected chi connectivity index (χ2v) is 12.7. The van der Waals surface area contributed by atoms with E-state index in [-0.39, 0.29) is 23.8 Å². The summed E-state index contributed by atoms with van der Waals surface area (Å²) in [4.78, 5) is 29.4. The summed E-state index contributed by atoms with van der Waals surface area (Å²) in [6.07, 6.45) is 0.218. The first kappa shape index (κ1) is 32.1. The van der Waals surface area contributed by atoms with Crippen LogP contribution in [0.2, 0.25) is 10.0 Å². The van der Waals surface area contributed by atoms with E-state index < -0.39 is 28.5 Å². The molecule has 0 heterocycles. The highest BCUT2D eigenvalue weighted by Crippen LogP contribution is 2.27. The van der Waals surface area contributed by atoms with Crippen molar-refractivity contribution >= 4 is 50.7 Å². The number of nitrogens with zero attached hydrogens (tertiary/aromatic N) is 2. The summed E-state index contributed by atoms with van der Waals surface area (Å²) in [6, 6.07) is 28.3. The average Bonchev–Trinajstić information content (AvgIpc) is 3.00. The predicted octanol–water partition coefficient (Wildman–Crippen LogP) is 6.27. The number of anilines is 1. The third-order valence-corrected chi connectivity index (χ3v) is 9.39. The van der Waals surface area contributed by atoms with Crippen LogP contribution >= 0.6 is 23.2 Å². The lowest BCUT2D eigenvalue weighted by atomic mass is 10.0. The first-order valence-corrected chi connectivity index (χ1v) is 16.0. The van der Waals surface area contributed by atoms with E-state index in [9.17, 15) is 18.0 Å². The quantitative estimate of drug-likeness (QED) is 0.198. The Labute approximate surface area is 263 Å². The zero-order valence-corrected chi connectivity index (χ0v) is 26.2. The Bertz CT molecular complexity index is 1670. The molecule has 4 aromatic carbocycles. The first-order chi connectivity index (χ1) is 20.6. The lowest BCUT2D eigenvalue weighted by Crippen LogP contribution is -2.53. The summed E-state index contributed by atoms with van der Waals surface area (Å²) in [5, 5.41) is 3.50. The SMILES string of the molecule is CCNC(=O)[C@@H](Cc1ccccc1)N(Cc1ccc(Cl)c(Cl)c1)C(=O)CN(c1cccc(C)c1)S(=O)(=O)c1ccccc1. The molecule has 4 aromatic rings. The number of sulfonamides is 1. The average molecular weight is 639 g/mol. The lowest BCUT2D eigenvalue weighted by molar-refractivity contribution is -0.140. The standard InChI is InChI=1S/C33H33Cl2N3O4S/c1-3-36-33(40)31(21-25-12-6-4-7-13-25)37(22-26-17-18-29(34)30(35)20-26)32(39)23-38(27-14-10-11-24(2)19-27)43(41,42)28-15-8-5-9-16-28/h4-20,31H,3,21-23H2,1-2H3,(H,36,40)/t31-/m1/s1. The molecule has 1 N–H and O–H groups in total. The minimum atomic E-state index is -4.15. The van der Waals surface area contributed by atoms with Gasteiger partial charge in [-0.1, -0.05) is 89.9 Å². The zero-order valence-electron chi connectivity index (χ0n) is 23.9. The predicted molar refractivity (Wildman–Crippen MR) is 172 cm³/mol. The van der Waals surface area contributed by atoms with Crippen molar-refractivity contribution in [1.29, 1.82) is 0 Å². The molecule has 0 aromatic heterocycles. The molecule has 0 saturated heterocycles. The number of aryl methyl sites for hydroxylation is 1. The van der Waals surface area contributed by atoms with Crippen LogP contribution in [0.1, 0.15) is 23.6 Å². The Morgan fingerprint density at radius 2 is 1.49 bits per heavy atom. The molecule has 0 spiro atoms. The Morgan fingerprint density at radius 1 is 0.814 bits per heavy atom. The van der Waals surface area contributed by atoms with Gasteiger partial charge < -0.3 is 10.2 Å². The highest BCUT2D eigenvalue weighted by Gasteiger charge is 2.34. The molecule has 43 heavy (non-hydrogen) atoms. The molecular weight excluding hydrogens is 605 g/mol. The summed E-state index contributed by atoms with van der Waals surface area (Å²) in [7, 11) is -4.15. The maximum absolute atomic E-state index is 14.4. The van der Waals surface area contributed by atoms with E-state index in [0.29, 0.717) is 27.8 Å². The minimum absolute atomic E-state index is 0.00258. The molecule has 0 saturated carbocycles. The van der Waals surface area contributed by atoms with Crippen LogP contribution in [0.25, 0.3) is 0 Å². The molecule has 0 aliphatic carbocycles. The molecule has 0 fully saturated rings. The highest BCUT2D eigenvalue weighted by atomic mass is 35.5. The number of carbonyl (C=O) groups excluding carboxylic acids is 2. The lowest BCUT2D eigenvalue weighted by Gasteiger charge is -2.34. The molecular formula is C33H33Cl2N3O4S. The molecule has 0 aliphatic rings. The summed E-state index contributed by atoms with van der Waals surface area (Å²) in [5.74, 6) is -0.910. The Balaban J connectivity index is 1.80. The number of rotatable bonds is 12. The van der Waals surface area contributed by atoms with Gasteiger partial charge in [0, 0.05) is 19.5 Å². The van der Waals surface area contributed by atoms with Crippen molar-refractivity contribution in [2.24, 2.45) is 0 Å². The third-order valence-electron chi connectivity index (χ3n) is 6.86.